The summed E-state index contributed by atoms with van der Waals surface area (Å²) in [5.74, 6) is -0.437. The number of hydrogen-bond acceptors (Lipinski definition) is 4. The van der Waals surface area contributed by atoms with Crippen molar-refractivity contribution in [3.63, 3.8) is 0 Å². The van der Waals surface area contributed by atoms with Crippen molar-refractivity contribution in [2.24, 2.45) is 0 Å². The molecule has 0 unspecified atom stereocenters. The van der Waals surface area contributed by atoms with Crippen molar-refractivity contribution in [2.75, 3.05) is 6.61 Å². The maximum absolute atomic E-state index is 11.8. The number of carbonyl (C=O) groups is 1. The summed E-state index contributed by atoms with van der Waals surface area (Å²) in [6.07, 6.45) is 1.58. The van der Waals surface area contributed by atoms with Crippen LogP contribution >= 0.6 is 0 Å². The fourth-order valence-corrected chi connectivity index (χ4v) is 1.86. The van der Waals surface area contributed by atoms with Crippen molar-refractivity contribution in [2.45, 2.75) is 20.8 Å². The average molecular weight is 234 g/mol. The van der Waals surface area contributed by atoms with Gasteiger partial charge in [-0.3, -0.25) is 4.98 Å². The summed E-state index contributed by atoms with van der Waals surface area (Å²) in [6, 6.07) is 1.73. The van der Waals surface area contributed by atoms with Crippen LogP contribution < -0.4 is 0 Å². The zero-order valence-corrected chi connectivity index (χ0v) is 10.0. The molecular weight excluding hydrogens is 220 g/mol. The summed E-state index contributed by atoms with van der Waals surface area (Å²) in [6.45, 7) is 5.54. The lowest BCUT2D eigenvalue weighted by molar-refractivity contribution is 0.0525. The summed E-state index contributed by atoms with van der Waals surface area (Å²) in [5.41, 5.74) is 2.18. The number of aromatic nitrogens is 2. The summed E-state index contributed by atoms with van der Waals surface area (Å²) in [7, 11) is 0. The maximum Gasteiger partial charge on any atom is 0.340 e. The van der Waals surface area contributed by atoms with Gasteiger partial charge in [0.1, 0.15) is 0 Å². The predicted octanol–water partition coefficient (Wildman–Crippen LogP) is 2.07. The van der Waals surface area contributed by atoms with E-state index in [0.29, 0.717) is 28.8 Å². The van der Waals surface area contributed by atoms with Gasteiger partial charge in [0.25, 0.3) is 0 Å². The number of esters is 1. The molecule has 0 aliphatic rings. The highest BCUT2D eigenvalue weighted by Gasteiger charge is 2.21. The third-order valence-corrected chi connectivity index (χ3v) is 2.68. The van der Waals surface area contributed by atoms with E-state index >= 15 is 0 Å². The Hall–Kier alpha value is -2.04. The van der Waals surface area contributed by atoms with Crippen molar-refractivity contribution in [1.82, 2.24) is 9.71 Å². The number of aryl methyl sites for hydroxylation is 1. The number of nitrogens with zero attached hydrogens (tertiary/aromatic N) is 2. The highest BCUT2D eigenvalue weighted by molar-refractivity contribution is 6.05. The normalized spacial score (nSPS) is 10.8. The van der Waals surface area contributed by atoms with E-state index in [0.717, 1.165) is 10.4 Å². The van der Waals surface area contributed by atoms with E-state index in [2.05, 4.69) is 4.98 Å². The predicted molar refractivity (Wildman–Crippen MR) is 62.3 cm³/mol. The second kappa shape index (κ2) is 4.08. The third kappa shape index (κ3) is 1.73. The summed E-state index contributed by atoms with van der Waals surface area (Å²) in [4.78, 5) is 15.9. The van der Waals surface area contributed by atoms with Crippen molar-refractivity contribution in [3.8, 4) is 0 Å². The Morgan fingerprint density at radius 2 is 2.24 bits per heavy atom. The molecule has 2 aromatic heterocycles. The third-order valence-electron chi connectivity index (χ3n) is 2.68. The van der Waals surface area contributed by atoms with E-state index in [9.17, 15) is 10.0 Å². The van der Waals surface area contributed by atoms with E-state index in [1.54, 1.807) is 26.1 Å². The summed E-state index contributed by atoms with van der Waals surface area (Å²) in [5, 5.41) is 10.5. The van der Waals surface area contributed by atoms with E-state index < -0.39 is 5.97 Å². The maximum atomic E-state index is 11.8. The molecule has 0 saturated carbocycles. The molecule has 0 spiro atoms. The van der Waals surface area contributed by atoms with Crippen LogP contribution in [-0.4, -0.2) is 27.5 Å². The van der Waals surface area contributed by atoms with Crippen LogP contribution in [0.2, 0.25) is 0 Å². The van der Waals surface area contributed by atoms with E-state index in [4.69, 9.17) is 4.74 Å². The van der Waals surface area contributed by atoms with Crippen LogP contribution in [0.5, 0.6) is 0 Å². The van der Waals surface area contributed by atoms with Crippen LogP contribution in [-0.2, 0) is 4.74 Å². The van der Waals surface area contributed by atoms with Gasteiger partial charge in [0.15, 0.2) is 0 Å². The van der Waals surface area contributed by atoms with Gasteiger partial charge >= 0.3 is 5.97 Å². The second-order valence-corrected chi connectivity index (χ2v) is 3.84. The lowest BCUT2D eigenvalue weighted by Gasteiger charge is -2.01. The van der Waals surface area contributed by atoms with Gasteiger partial charge in [-0.1, -0.05) is 0 Å². The fourth-order valence-electron chi connectivity index (χ4n) is 1.86. The average Bonchev–Trinajstić information content (AvgIpc) is 2.53. The molecule has 0 radical (unpaired) electrons. The largest absolute Gasteiger partial charge is 0.462 e. The molecule has 5 heteroatoms. The molecule has 0 atom stereocenters. The van der Waals surface area contributed by atoms with Gasteiger partial charge in [-0.25, -0.2) is 4.79 Å². The van der Waals surface area contributed by atoms with Crippen LogP contribution in [0.25, 0.3) is 10.9 Å². The Bertz CT molecular complexity index is 587. The molecule has 0 fully saturated rings. The minimum atomic E-state index is -0.437. The zero-order valence-electron chi connectivity index (χ0n) is 10.0. The van der Waals surface area contributed by atoms with Crippen molar-refractivity contribution in [3.05, 3.63) is 29.2 Å². The van der Waals surface area contributed by atoms with Crippen LogP contribution in [0.1, 0.15) is 28.7 Å². The monoisotopic (exact) mass is 234 g/mol. The minimum absolute atomic E-state index is 0.301. The molecule has 90 valence electrons. The molecule has 0 aromatic carbocycles. The Labute approximate surface area is 98.6 Å². The molecular formula is C12H14N2O3. The molecule has 2 rings (SSSR count). The fraction of sp³-hybridized carbons (Fsp3) is 0.333. The molecule has 2 aromatic rings. The minimum Gasteiger partial charge on any atom is -0.462 e. The molecule has 1 N–H and O–H groups in total. The first-order valence-electron chi connectivity index (χ1n) is 5.40. The first-order valence-corrected chi connectivity index (χ1v) is 5.40. The Morgan fingerprint density at radius 3 is 2.88 bits per heavy atom. The Kier molecular flexibility index (Phi) is 2.75. The standard InChI is InChI=1S/C12H14N2O3/c1-4-17-12(15)11-8(3)14(16)10-5-7(2)13-6-9(10)11/h5-6,16H,4H2,1-3H3. The first-order chi connectivity index (χ1) is 8.06. The van der Waals surface area contributed by atoms with Crippen molar-refractivity contribution >= 4 is 16.9 Å². The number of hydrogen-bond donors (Lipinski definition) is 1. The lowest BCUT2D eigenvalue weighted by atomic mass is 10.1. The van der Waals surface area contributed by atoms with E-state index in [1.807, 2.05) is 6.92 Å². The number of carbonyl (C=O) groups excluding carboxylic acids is 1. The highest BCUT2D eigenvalue weighted by atomic mass is 16.5. The Balaban J connectivity index is 2.71. The van der Waals surface area contributed by atoms with Gasteiger partial charge in [-0.2, -0.15) is 4.73 Å². The molecule has 17 heavy (non-hydrogen) atoms. The number of rotatable bonds is 2. The van der Waals surface area contributed by atoms with Gasteiger partial charge in [0.2, 0.25) is 0 Å². The van der Waals surface area contributed by atoms with Gasteiger partial charge in [0, 0.05) is 17.3 Å². The number of ether oxygens (including phenoxy) is 1. The van der Waals surface area contributed by atoms with Gasteiger partial charge in [0.05, 0.1) is 23.4 Å². The number of fused-ring (bicyclic) bond motifs is 1. The van der Waals surface area contributed by atoms with Crippen molar-refractivity contribution < 1.29 is 14.7 Å². The Morgan fingerprint density at radius 1 is 1.53 bits per heavy atom. The summed E-state index contributed by atoms with van der Waals surface area (Å²) >= 11 is 0. The summed E-state index contributed by atoms with van der Waals surface area (Å²) < 4.78 is 5.97. The molecule has 0 amide bonds. The smallest absolute Gasteiger partial charge is 0.340 e. The lowest BCUT2D eigenvalue weighted by Crippen LogP contribution is -2.06. The number of pyridine rings is 1. The van der Waals surface area contributed by atoms with E-state index in [-0.39, 0.29) is 0 Å². The second-order valence-electron chi connectivity index (χ2n) is 3.84. The van der Waals surface area contributed by atoms with Gasteiger partial charge in [-0.15, -0.1) is 0 Å². The molecule has 0 aliphatic heterocycles. The molecule has 5 nitrogen and oxygen atoms in total. The molecule has 0 bridgehead atoms. The van der Waals surface area contributed by atoms with Crippen LogP contribution in [0.15, 0.2) is 12.3 Å². The highest BCUT2D eigenvalue weighted by Crippen LogP contribution is 2.25. The molecule has 0 aliphatic carbocycles. The van der Waals surface area contributed by atoms with Crippen LogP contribution in [0.4, 0.5) is 0 Å². The van der Waals surface area contributed by atoms with Gasteiger partial charge < -0.3 is 9.94 Å². The van der Waals surface area contributed by atoms with Crippen LogP contribution in [0.3, 0.4) is 0 Å². The quantitative estimate of drug-likeness (QED) is 0.638. The molecule has 0 saturated heterocycles. The zero-order chi connectivity index (χ0) is 12.6. The van der Waals surface area contributed by atoms with Crippen LogP contribution in [0, 0.1) is 13.8 Å². The SMILES string of the molecule is CCOC(=O)c1c(C)n(O)c2cc(C)ncc12. The van der Waals surface area contributed by atoms with Gasteiger partial charge in [-0.05, 0) is 26.8 Å². The first kappa shape index (κ1) is 11.4. The van der Waals surface area contributed by atoms with Crippen molar-refractivity contribution in [1.29, 1.82) is 0 Å². The topological polar surface area (TPSA) is 64.3 Å². The van der Waals surface area contributed by atoms with E-state index in [1.165, 1.54) is 0 Å². The molecule has 2 heterocycles.